The van der Waals surface area contributed by atoms with E-state index in [1.165, 1.54) is 18.3 Å². The van der Waals surface area contributed by atoms with E-state index in [0.717, 1.165) is 38.2 Å². The van der Waals surface area contributed by atoms with E-state index in [1.807, 2.05) is 6.07 Å². The minimum absolute atomic E-state index is 0.208. The van der Waals surface area contributed by atoms with E-state index in [4.69, 9.17) is 19.7 Å². The number of nitrogens with zero attached hydrogens (tertiary/aromatic N) is 5. The molecular formula is C26H29FN6O7. The third kappa shape index (κ3) is 8.04. The zero-order chi connectivity index (χ0) is 28.5. The molecule has 5 rings (SSSR count). The zero-order valence-electron chi connectivity index (χ0n) is 21.5. The maximum Gasteiger partial charge on any atom is 0.328 e. The van der Waals surface area contributed by atoms with Gasteiger partial charge in [-0.25, -0.2) is 19.0 Å². The monoisotopic (exact) mass is 556 g/mol. The van der Waals surface area contributed by atoms with Gasteiger partial charge < -0.3 is 34.5 Å². The van der Waals surface area contributed by atoms with Crippen molar-refractivity contribution in [2.24, 2.45) is 0 Å². The second-order valence-electron chi connectivity index (χ2n) is 9.09. The molecule has 1 fully saturated rings. The van der Waals surface area contributed by atoms with Crippen LogP contribution >= 0.6 is 0 Å². The van der Waals surface area contributed by atoms with E-state index in [-0.39, 0.29) is 11.4 Å². The Labute approximate surface area is 227 Å². The van der Waals surface area contributed by atoms with E-state index < -0.39 is 11.9 Å². The van der Waals surface area contributed by atoms with Crippen LogP contribution in [0.1, 0.15) is 18.5 Å². The average molecular weight is 557 g/mol. The van der Waals surface area contributed by atoms with Gasteiger partial charge in [0.2, 0.25) is 0 Å². The Kier molecular flexibility index (Phi) is 9.70. The summed E-state index contributed by atoms with van der Waals surface area (Å²) in [7, 11) is 0. The zero-order valence-corrected chi connectivity index (χ0v) is 21.5. The smallest absolute Gasteiger partial charge is 0.328 e. The molecule has 1 saturated heterocycles. The first-order valence-corrected chi connectivity index (χ1v) is 12.7. The van der Waals surface area contributed by atoms with Crippen LogP contribution in [0, 0.1) is 5.82 Å². The summed E-state index contributed by atoms with van der Waals surface area (Å²) < 4.78 is 26.3. The fourth-order valence-corrected chi connectivity index (χ4v) is 4.34. The van der Waals surface area contributed by atoms with Gasteiger partial charge in [-0.2, -0.15) is 5.10 Å². The number of carbonyl (C=O) groups is 2. The number of rotatable bonds is 8. The van der Waals surface area contributed by atoms with E-state index in [1.54, 1.807) is 10.6 Å². The number of benzene rings is 1. The molecular weight excluding hydrogens is 527 g/mol. The van der Waals surface area contributed by atoms with Crippen molar-refractivity contribution in [3.05, 3.63) is 64.5 Å². The number of hydrogen-bond donors (Lipinski definition) is 3. The molecule has 13 nitrogen and oxygen atoms in total. The third-order valence-corrected chi connectivity index (χ3v) is 6.33. The van der Waals surface area contributed by atoms with Crippen molar-refractivity contribution in [3.63, 3.8) is 0 Å². The first kappa shape index (κ1) is 28.6. The molecule has 0 unspecified atom stereocenters. The number of fused-ring (bicyclic) bond motifs is 2. The first-order valence-electron chi connectivity index (χ1n) is 12.7. The number of aliphatic carboxylic acids is 2. The van der Waals surface area contributed by atoms with Crippen LogP contribution in [-0.4, -0.2) is 85.7 Å². The molecule has 0 amide bonds. The highest BCUT2D eigenvalue weighted by Gasteiger charge is 2.20. The summed E-state index contributed by atoms with van der Waals surface area (Å²) in [5.41, 5.74) is 1.78. The van der Waals surface area contributed by atoms with E-state index in [0.29, 0.717) is 67.2 Å². The van der Waals surface area contributed by atoms with Crippen molar-refractivity contribution in [1.82, 2.24) is 30.0 Å². The van der Waals surface area contributed by atoms with Crippen molar-refractivity contribution in [2.45, 2.75) is 32.0 Å². The molecule has 3 aromatic rings. The van der Waals surface area contributed by atoms with Gasteiger partial charge in [0, 0.05) is 43.9 Å². The molecule has 4 heterocycles. The quantitative estimate of drug-likeness (QED) is 0.338. The molecule has 0 saturated carbocycles. The van der Waals surface area contributed by atoms with Gasteiger partial charge in [-0.05, 0) is 44.1 Å². The molecule has 212 valence electrons. The molecule has 2 aromatic heterocycles. The minimum atomic E-state index is -1.26. The summed E-state index contributed by atoms with van der Waals surface area (Å²) >= 11 is 0. The molecule has 0 aliphatic carbocycles. The van der Waals surface area contributed by atoms with Crippen molar-refractivity contribution in [2.75, 3.05) is 32.8 Å². The standard InChI is InChI=1S/C22H25FN6O3.C4H4O4/c23-15-1-2-18-19(11-15)29(21(30)14-25-18)8-7-28-5-3-16(4-6-28)24-13-17-12-20-22(27-26-17)32-10-9-31-20;5-3(6)1-2-4(7)8/h1-2,11-12,14,16,24H,3-10,13H2;1-2H,(H,5,6)(H,7,8)/b;2-1+. The van der Waals surface area contributed by atoms with Crippen LogP contribution < -0.4 is 20.3 Å². The van der Waals surface area contributed by atoms with Gasteiger partial charge in [0.25, 0.3) is 11.4 Å². The SMILES string of the molecule is O=C(O)/C=C/C(=O)O.O=c1cnc2ccc(F)cc2n1CCN1CCC(NCc2cc3c(nn2)OCCO3)CC1. The number of piperidine rings is 1. The van der Waals surface area contributed by atoms with Gasteiger partial charge in [-0.1, -0.05) is 0 Å². The molecule has 2 aliphatic rings. The second-order valence-corrected chi connectivity index (χ2v) is 9.09. The van der Waals surface area contributed by atoms with Crippen LogP contribution in [0.3, 0.4) is 0 Å². The van der Waals surface area contributed by atoms with Crippen molar-refractivity contribution >= 4 is 23.0 Å². The minimum Gasteiger partial charge on any atom is -0.484 e. The highest BCUT2D eigenvalue weighted by atomic mass is 19.1. The molecule has 3 N–H and O–H groups in total. The number of ether oxygens (including phenoxy) is 2. The highest BCUT2D eigenvalue weighted by Crippen LogP contribution is 2.26. The second kappa shape index (κ2) is 13.6. The van der Waals surface area contributed by atoms with Crippen molar-refractivity contribution in [1.29, 1.82) is 0 Å². The van der Waals surface area contributed by atoms with Crippen LogP contribution in [0.25, 0.3) is 11.0 Å². The Balaban J connectivity index is 0.000000406. The summed E-state index contributed by atoms with van der Waals surface area (Å²) in [5.74, 6) is -1.78. The molecule has 0 bridgehead atoms. The van der Waals surface area contributed by atoms with E-state index in [9.17, 15) is 18.8 Å². The normalized spacial score (nSPS) is 15.5. The Hall–Kier alpha value is -4.43. The Morgan fingerprint density at radius 2 is 1.77 bits per heavy atom. The summed E-state index contributed by atoms with van der Waals surface area (Å²) in [5, 5.41) is 27.5. The summed E-state index contributed by atoms with van der Waals surface area (Å²) in [6.07, 6.45) is 4.42. The maximum absolute atomic E-state index is 13.7. The topological polar surface area (TPSA) is 169 Å². The van der Waals surface area contributed by atoms with Crippen LogP contribution in [0.5, 0.6) is 11.6 Å². The van der Waals surface area contributed by atoms with Gasteiger partial charge >= 0.3 is 11.9 Å². The van der Waals surface area contributed by atoms with Gasteiger partial charge in [-0.3, -0.25) is 4.79 Å². The number of halogens is 1. The lowest BCUT2D eigenvalue weighted by Crippen LogP contribution is -2.43. The Morgan fingerprint density at radius 1 is 1.05 bits per heavy atom. The number of likely N-dealkylation sites (tertiary alicyclic amines) is 1. The molecule has 2 aliphatic heterocycles. The van der Waals surface area contributed by atoms with Gasteiger partial charge in [0.15, 0.2) is 5.75 Å². The lowest BCUT2D eigenvalue weighted by atomic mass is 10.0. The molecule has 0 radical (unpaired) electrons. The fraction of sp³-hybridized carbons (Fsp3) is 0.385. The number of carboxylic acids is 2. The lowest BCUT2D eigenvalue weighted by molar-refractivity contribution is -0.134. The van der Waals surface area contributed by atoms with Gasteiger partial charge in [0.1, 0.15) is 19.0 Å². The fourth-order valence-electron chi connectivity index (χ4n) is 4.34. The lowest BCUT2D eigenvalue weighted by Gasteiger charge is -2.32. The largest absolute Gasteiger partial charge is 0.484 e. The van der Waals surface area contributed by atoms with E-state index in [2.05, 4.69) is 25.4 Å². The molecule has 0 spiro atoms. The van der Waals surface area contributed by atoms with Gasteiger partial charge in [0.05, 0.1) is 22.9 Å². The maximum atomic E-state index is 13.7. The van der Waals surface area contributed by atoms with Crippen LogP contribution in [-0.2, 0) is 22.7 Å². The Morgan fingerprint density at radius 3 is 2.50 bits per heavy atom. The van der Waals surface area contributed by atoms with Crippen LogP contribution in [0.2, 0.25) is 0 Å². The van der Waals surface area contributed by atoms with Crippen LogP contribution in [0.4, 0.5) is 4.39 Å². The molecule has 0 atom stereocenters. The summed E-state index contributed by atoms with van der Waals surface area (Å²) in [6, 6.07) is 6.60. The van der Waals surface area contributed by atoms with Crippen molar-refractivity contribution in [3.8, 4) is 11.6 Å². The van der Waals surface area contributed by atoms with Crippen LogP contribution in [0.15, 0.2) is 47.4 Å². The summed E-state index contributed by atoms with van der Waals surface area (Å²) in [6.45, 7) is 4.74. The molecule has 14 heteroatoms. The molecule has 1 aromatic carbocycles. The third-order valence-electron chi connectivity index (χ3n) is 6.33. The average Bonchev–Trinajstić information content (AvgIpc) is 2.95. The number of nitrogens with one attached hydrogen (secondary N) is 1. The predicted molar refractivity (Wildman–Crippen MR) is 140 cm³/mol. The van der Waals surface area contributed by atoms with Gasteiger partial charge in [-0.15, -0.1) is 5.10 Å². The number of hydrogen-bond acceptors (Lipinski definition) is 10. The van der Waals surface area contributed by atoms with E-state index >= 15 is 0 Å². The summed E-state index contributed by atoms with van der Waals surface area (Å²) in [4.78, 5) is 37.9. The number of aromatic nitrogens is 4. The highest BCUT2D eigenvalue weighted by molar-refractivity contribution is 5.89. The predicted octanol–water partition coefficient (Wildman–Crippen LogP) is 1.06. The van der Waals surface area contributed by atoms with Crippen molar-refractivity contribution < 1.29 is 33.7 Å². The molecule has 40 heavy (non-hydrogen) atoms. The Bertz CT molecular complexity index is 1420. The number of carboxylic acid groups (broad SMARTS) is 2. The first-order chi connectivity index (χ1) is 19.3.